The highest BCUT2D eigenvalue weighted by molar-refractivity contribution is 6.35. The maximum absolute atomic E-state index is 13.4. The number of hydrogen-bond acceptors (Lipinski definition) is 4. The third-order valence-electron chi connectivity index (χ3n) is 6.86. The Kier molecular flexibility index (Phi) is 9.19. The van der Waals surface area contributed by atoms with Crippen LogP contribution in [0.1, 0.15) is 83.6 Å². The van der Waals surface area contributed by atoms with E-state index < -0.39 is 0 Å². The predicted molar refractivity (Wildman–Crippen MR) is 129 cm³/mol. The van der Waals surface area contributed by atoms with Crippen LogP contribution in [0.2, 0.25) is 0 Å². The van der Waals surface area contributed by atoms with Gasteiger partial charge in [0.2, 0.25) is 0 Å². The van der Waals surface area contributed by atoms with Crippen LogP contribution in [0.25, 0.3) is 5.57 Å². The van der Waals surface area contributed by atoms with Crippen molar-refractivity contribution in [2.75, 3.05) is 26.7 Å². The van der Waals surface area contributed by atoms with Crippen molar-refractivity contribution in [3.63, 3.8) is 0 Å². The Morgan fingerprint density at radius 2 is 1.47 bits per heavy atom. The standard InChI is InChI=1S/C27H40N2O3/c1-4-5-6-7-8-9-10-11-18-29-26(30)24(22-12-14-23(32-3)15-13-22)25(27(29)31)28-19-16-21(2)17-20-28/h12-15,21H,4-11,16-20H2,1-3H3. The van der Waals surface area contributed by atoms with Gasteiger partial charge in [0.25, 0.3) is 11.8 Å². The van der Waals surface area contributed by atoms with Gasteiger partial charge >= 0.3 is 0 Å². The van der Waals surface area contributed by atoms with Crippen molar-refractivity contribution in [2.24, 2.45) is 5.92 Å². The van der Waals surface area contributed by atoms with E-state index in [0.717, 1.165) is 50.1 Å². The van der Waals surface area contributed by atoms with Gasteiger partial charge in [0.1, 0.15) is 11.4 Å². The Labute approximate surface area is 193 Å². The maximum Gasteiger partial charge on any atom is 0.277 e. The molecule has 1 fully saturated rings. The minimum absolute atomic E-state index is 0.113. The molecule has 2 aliphatic heterocycles. The van der Waals surface area contributed by atoms with Crippen molar-refractivity contribution in [3.05, 3.63) is 35.5 Å². The Hall–Kier alpha value is -2.30. The summed E-state index contributed by atoms with van der Waals surface area (Å²) in [6.45, 7) is 6.67. The molecule has 176 valence electrons. The summed E-state index contributed by atoms with van der Waals surface area (Å²) >= 11 is 0. The van der Waals surface area contributed by atoms with E-state index in [2.05, 4.69) is 18.7 Å². The van der Waals surface area contributed by atoms with Gasteiger partial charge in [0, 0.05) is 19.6 Å². The van der Waals surface area contributed by atoms with Gasteiger partial charge in [0.05, 0.1) is 12.7 Å². The molecule has 2 amide bonds. The topological polar surface area (TPSA) is 49.9 Å². The number of amides is 2. The van der Waals surface area contributed by atoms with Gasteiger partial charge in [-0.15, -0.1) is 0 Å². The summed E-state index contributed by atoms with van der Waals surface area (Å²) < 4.78 is 5.27. The number of ether oxygens (including phenoxy) is 1. The molecule has 1 aromatic rings. The van der Waals surface area contributed by atoms with Crippen LogP contribution in [0.5, 0.6) is 5.75 Å². The fraction of sp³-hybridized carbons (Fsp3) is 0.630. The molecule has 0 aliphatic carbocycles. The van der Waals surface area contributed by atoms with Crippen LogP contribution in [0.15, 0.2) is 30.0 Å². The molecule has 5 nitrogen and oxygen atoms in total. The van der Waals surface area contributed by atoms with Crippen molar-refractivity contribution in [1.29, 1.82) is 0 Å². The van der Waals surface area contributed by atoms with Crippen LogP contribution >= 0.6 is 0 Å². The van der Waals surface area contributed by atoms with Gasteiger partial charge in [-0.1, -0.05) is 70.9 Å². The van der Waals surface area contributed by atoms with Crippen molar-refractivity contribution in [3.8, 4) is 5.75 Å². The zero-order valence-corrected chi connectivity index (χ0v) is 20.2. The average molecular weight is 441 g/mol. The van der Waals surface area contributed by atoms with E-state index in [0.29, 0.717) is 23.7 Å². The molecule has 0 aromatic heterocycles. The van der Waals surface area contributed by atoms with E-state index in [-0.39, 0.29) is 11.8 Å². The fourth-order valence-electron chi connectivity index (χ4n) is 4.71. The summed E-state index contributed by atoms with van der Waals surface area (Å²) in [5.41, 5.74) is 1.97. The molecule has 2 heterocycles. The molecule has 5 heteroatoms. The zero-order chi connectivity index (χ0) is 22.9. The van der Waals surface area contributed by atoms with Gasteiger partial charge in [-0.2, -0.15) is 0 Å². The third kappa shape index (κ3) is 5.93. The lowest BCUT2D eigenvalue weighted by molar-refractivity contribution is -0.137. The molecule has 3 rings (SSSR count). The Bertz CT molecular complexity index is 792. The number of piperidine rings is 1. The Morgan fingerprint density at radius 3 is 2.06 bits per heavy atom. The number of nitrogens with zero attached hydrogens (tertiary/aromatic N) is 2. The molecule has 0 atom stereocenters. The van der Waals surface area contributed by atoms with E-state index in [9.17, 15) is 9.59 Å². The number of carbonyl (C=O) groups excluding carboxylic acids is 2. The molecular weight excluding hydrogens is 400 g/mol. The quantitative estimate of drug-likeness (QED) is 0.311. The fourth-order valence-corrected chi connectivity index (χ4v) is 4.71. The van der Waals surface area contributed by atoms with Crippen molar-refractivity contribution in [1.82, 2.24) is 9.80 Å². The van der Waals surface area contributed by atoms with Gasteiger partial charge in [-0.25, -0.2) is 0 Å². The summed E-state index contributed by atoms with van der Waals surface area (Å²) in [5.74, 6) is 1.15. The maximum atomic E-state index is 13.4. The second-order valence-electron chi connectivity index (χ2n) is 9.36. The molecule has 32 heavy (non-hydrogen) atoms. The number of methoxy groups -OCH3 is 1. The minimum Gasteiger partial charge on any atom is -0.497 e. The Balaban J connectivity index is 1.69. The van der Waals surface area contributed by atoms with Gasteiger partial charge in [-0.3, -0.25) is 14.5 Å². The molecule has 2 aliphatic rings. The monoisotopic (exact) mass is 440 g/mol. The number of benzene rings is 1. The summed E-state index contributed by atoms with van der Waals surface area (Å²) in [6.07, 6.45) is 11.7. The molecule has 0 bridgehead atoms. The first-order chi connectivity index (χ1) is 15.6. The van der Waals surface area contributed by atoms with Crippen LogP contribution < -0.4 is 4.74 Å². The van der Waals surface area contributed by atoms with Crippen LogP contribution in [-0.4, -0.2) is 48.4 Å². The lowest BCUT2D eigenvalue weighted by atomic mass is 9.97. The number of likely N-dealkylation sites (tertiary alicyclic amines) is 1. The predicted octanol–water partition coefficient (Wildman–Crippen LogP) is 5.65. The number of imide groups is 1. The summed E-state index contributed by atoms with van der Waals surface area (Å²) in [6, 6.07) is 7.51. The SMILES string of the molecule is CCCCCCCCCCN1C(=O)C(c2ccc(OC)cc2)=C(N2CCC(C)CC2)C1=O. The number of carbonyl (C=O) groups is 2. The summed E-state index contributed by atoms with van der Waals surface area (Å²) in [5, 5.41) is 0. The largest absolute Gasteiger partial charge is 0.497 e. The van der Waals surface area contributed by atoms with E-state index in [1.807, 2.05) is 24.3 Å². The van der Waals surface area contributed by atoms with Crippen molar-refractivity contribution < 1.29 is 14.3 Å². The summed E-state index contributed by atoms with van der Waals surface area (Å²) in [4.78, 5) is 30.5. The number of rotatable bonds is 12. The average Bonchev–Trinajstić information content (AvgIpc) is 3.06. The van der Waals surface area contributed by atoms with E-state index in [4.69, 9.17) is 4.74 Å². The highest BCUT2D eigenvalue weighted by Crippen LogP contribution is 2.34. The molecule has 0 spiro atoms. The van der Waals surface area contributed by atoms with Crippen LogP contribution in [0.4, 0.5) is 0 Å². The van der Waals surface area contributed by atoms with Gasteiger partial charge < -0.3 is 9.64 Å². The third-order valence-corrected chi connectivity index (χ3v) is 6.86. The minimum atomic E-state index is -0.142. The Morgan fingerprint density at radius 1 is 0.875 bits per heavy atom. The molecule has 0 radical (unpaired) electrons. The number of hydrogen-bond donors (Lipinski definition) is 0. The second-order valence-corrected chi connectivity index (χ2v) is 9.36. The van der Waals surface area contributed by atoms with Crippen molar-refractivity contribution in [2.45, 2.75) is 78.1 Å². The zero-order valence-electron chi connectivity index (χ0n) is 20.2. The smallest absolute Gasteiger partial charge is 0.277 e. The molecular formula is C27H40N2O3. The molecule has 1 aromatic carbocycles. The molecule has 0 unspecified atom stereocenters. The van der Waals surface area contributed by atoms with E-state index in [1.54, 1.807) is 7.11 Å². The van der Waals surface area contributed by atoms with Gasteiger partial charge in [-0.05, 0) is 42.9 Å². The van der Waals surface area contributed by atoms with Gasteiger partial charge in [0.15, 0.2) is 0 Å². The molecule has 0 N–H and O–H groups in total. The van der Waals surface area contributed by atoms with Crippen LogP contribution in [0.3, 0.4) is 0 Å². The normalized spacial score (nSPS) is 17.6. The lowest BCUT2D eigenvalue weighted by Gasteiger charge is -2.32. The van der Waals surface area contributed by atoms with E-state index >= 15 is 0 Å². The van der Waals surface area contributed by atoms with E-state index in [1.165, 1.54) is 43.4 Å². The first-order valence-corrected chi connectivity index (χ1v) is 12.6. The summed E-state index contributed by atoms with van der Waals surface area (Å²) in [7, 11) is 1.63. The lowest BCUT2D eigenvalue weighted by Crippen LogP contribution is -2.38. The molecule has 0 saturated carbocycles. The highest BCUT2D eigenvalue weighted by atomic mass is 16.5. The van der Waals surface area contributed by atoms with Crippen LogP contribution in [-0.2, 0) is 9.59 Å². The first-order valence-electron chi connectivity index (χ1n) is 12.6. The molecule has 1 saturated heterocycles. The second kappa shape index (κ2) is 12.1. The number of unbranched alkanes of at least 4 members (excludes halogenated alkanes) is 7. The van der Waals surface area contributed by atoms with Crippen LogP contribution in [0, 0.1) is 5.92 Å². The first kappa shape index (κ1) is 24.3. The van der Waals surface area contributed by atoms with Crippen molar-refractivity contribution >= 4 is 17.4 Å². The highest BCUT2D eigenvalue weighted by Gasteiger charge is 2.41.